The summed E-state index contributed by atoms with van der Waals surface area (Å²) in [6.07, 6.45) is 0.971. The molecule has 2 atom stereocenters. The fourth-order valence-corrected chi connectivity index (χ4v) is 6.31. The third kappa shape index (κ3) is 4.88. The zero-order chi connectivity index (χ0) is 22.1. The van der Waals surface area contributed by atoms with Gasteiger partial charge in [-0.15, -0.1) is 0 Å². The summed E-state index contributed by atoms with van der Waals surface area (Å²) in [4.78, 5) is 23.0. The molecule has 0 radical (unpaired) electrons. The van der Waals surface area contributed by atoms with Crippen LogP contribution in [0.3, 0.4) is 0 Å². The number of benzene rings is 2. The molecule has 1 fully saturated rings. The van der Waals surface area contributed by atoms with Crippen LogP contribution in [0.25, 0.3) is 0 Å². The molecule has 0 aromatic heterocycles. The number of halogens is 1. The van der Waals surface area contributed by atoms with Crippen LogP contribution in [0.5, 0.6) is 0 Å². The first-order valence-electron chi connectivity index (χ1n) is 9.43. The Morgan fingerprint density at radius 1 is 1.17 bits per heavy atom. The number of amides is 1. The molecule has 30 heavy (non-hydrogen) atoms. The molecular formula is C20H22BrN3O5S. The maximum Gasteiger partial charge on any atom is 0.271 e. The summed E-state index contributed by atoms with van der Waals surface area (Å²) in [5.74, 6) is -0.0508. The molecule has 1 aliphatic heterocycles. The highest BCUT2D eigenvalue weighted by atomic mass is 79.9. The second-order valence-electron chi connectivity index (χ2n) is 7.67. The first-order valence-corrected chi connectivity index (χ1v) is 11.7. The first-order chi connectivity index (χ1) is 14.1. The van der Waals surface area contributed by atoms with E-state index in [2.05, 4.69) is 21.2 Å². The van der Waals surface area contributed by atoms with Crippen LogP contribution in [0.4, 0.5) is 11.4 Å². The van der Waals surface area contributed by atoms with E-state index in [0.717, 1.165) is 6.42 Å². The van der Waals surface area contributed by atoms with Crippen LogP contribution < -0.4 is 5.32 Å². The second-order valence-corrected chi connectivity index (χ2v) is 10.4. The molecule has 0 aliphatic carbocycles. The molecule has 8 nitrogen and oxygen atoms in total. The van der Waals surface area contributed by atoms with Crippen molar-refractivity contribution in [2.24, 2.45) is 11.8 Å². The maximum absolute atomic E-state index is 13.2. The summed E-state index contributed by atoms with van der Waals surface area (Å²) in [6.45, 7) is 4.92. The van der Waals surface area contributed by atoms with Crippen LogP contribution in [0.2, 0.25) is 0 Å². The average Bonchev–Trinajstić information content (AvgIpc) is 2.67. The molecular weight excluding hydrogens is 474 g/mol. The van der Waals surface area contributed by atoms with Crippen molar-refractivity contribution in [2.45, 2.75) is 25.2 Å². The highest BCUT2D eigenvalue weighted by Crippen LogP contribution is 2.31. The monoisotopic (exact) mass is 495 g/mol. The Balaban J connectivity index is 1.88. The Morgan fingerprint density at radius 2 is 1.83 bits per heavy atom. The fourth-order valence-electron chi connectivity index (χ4n) is 3.68. The Hall–Kier alpha value is -2.30. The van der Waals surface area contributed by atoms with Crippen molar-refractivity contribution in [1.29, 1.82) is 0 Å². The van der Waals surface area contributed by atoms with E-state index in [4.69, 9.17) is 0 Å². The van der Waals surface area contributed by atoms with E-state index >= 15 is 0 Å². The summed E-state index contributed by atoms with van der Waals surface area (Å²) in [5.41, 5.74) is 0.238. The summed E-state index contributed by atoms with van der Waals surface area (Å²) in [6, 6.07) is 9.90. The lowest BCUT2D eigenvalue weighted by Gasteiger charge is -2.34. The molecule has 0 unspecified atom stereocenters. The van der Waals surface area contributed by atoms with E-state index in [1.54, 1.807) is 0 Å². The van der Waals surface area contributed by atoms with Gasteiger partial charge in [-0.2, -0.15) is 4.31 Å². The zero-order valence-corrected chi connectivity index (χ0v) is 18.9. The van der Waals surface area contributed by atoms with E-state index in [9.17, 15) is 23.3 Å². The number of hydrogen-bond donors (Lipinski definition) is 1. The lowest BCUT2D eigenvalue weighted by atomic mass is 9.94. The fraction of sp³-hybridized carbons (Fsp3) is 0.350. The van der Waals surface area contributed by atoms with Crippen molar-refractivity contribution in [2.75, 3.05) is 18.4 Å². The molecule has 10 heteroatoms. The molecule has 1 aliphatic rings. The number of piperidine rings is 1. The molecule has 1 N–H and O–H groups in total. The zero-order valence-electron chi connectivity index (χ0n) is 16.5. The second kappa shape index (κ2) is 8.83. The van der Waals surface area contributed by atoms with Crippen LogP contribution in [0, 0.1) is 22.0 Å². The van der Waals surface area contributed by atoms with Gasteiger partial charge in [-0.1, -0.05) is 19.9 Å². The van der Waals surface area contributed by atoms with Crippen molar-refractivity contribution in [1.82, 2.24) is 4.31 Å². The van der Waals surface area contributed by atoms with Gasteiger partial charge in [0.05, 0.1) is 9.82 Å². The minimum atomic E-state index is -3.79. The molecule has 0 spiro atoms. The standard InChI is InChI=1S/C20H22BrN3O5S/c1-13-8-14(2)12-23(11-13)30(28,29)19-9-15(6-7-18(19)21)20(25)22-16-4-3-5-17(10-16)24(26)27/h3-7,9-10,13-14H,8,11-12H2,1-2H3,(H,22,25)/t13-,14+. The highest BCUT2D eigenvalue weighted by Gasteiger charge is 2.33. The highest BCUT2D eigenvalue weighted by molar-refractivity contribution is 9.10. The molecule has 0 saturated carbocycles. The predicted molar refractivity (Wildman–Crippen MR) is 117 cm³/mol. The van der Waals surface area contributed by atoms with Crippen LogP contribution in [-0.4, -0.2) is 36.6 Å². The summed E-state index contributed by atoms with van der Waals surface area (Å²) < 4.78 is 28.3. The van der Waals surface area contributed by atoms with Crippen LogP contribution in [0.1, 0.15) is 30.6 Å². The number of anilines is 1. The minimum Gasteiger partial charge on any atom is -0.322 e. The quantitative estimate of drug-likeness (QED) is 0.491. The molecule has 0 bridgehead atoms. The van der Waals surface area contributed by atoms with Gasteiger partial charge in [-0.05, 0) is 58.5 Å². The number of nitrogens with zero attached hydrogens (tertiary/aromatic N) is 2. The average molecular weight is 496 g/mol. The minimum absolute atomic E-state index is 0.0236. The number of hydrogen-bond acceptors (Lipinski definition) is 5. The number of rotatable bonds is 5. The number of non-ortho nitro benzene ring substituents is 1. The Morgan fingerprint density at radius 3 is 2.47 bits per heavy atom. The number of sulfonamides is 1. The number of nitrogens with one attached hydrogen (secondary N) is 1. The lowest BCUT2D eigenvalue weighted by molar-refractivity contribution is -0.384. The van der Waals surface area contributed by atoms with Gasteiger partial charge in [0.2, 0.25) is 10.0 Å². The third-order valence-electron chi connectivity index (χ3n) is 4.96. The van der Waals surface area contributed by atoms with Gasteiger partial charge in [0, 0.05) is 40.9 Å². The number of carbonyl (C=O) groups is 1. The maximum atomic E-state index is 13.2. The van der Waals surface area contributed by atoms with Crippen molar-refractivity contribution in [3.8, 4) is 0 Å². The Labute approximate surface area is 183 Å². The van der Waals surface area contributed by atoms with Gasteiger partial charge in [-0.3, -0.25) is 14.9 Å². The van der Waals surface area contributed by atoms with Crippen LogP contribution in [0.15, 0.2) is 51.8 Å². The Kier molecular flexibility index (Phi) is 6.59. The molecule has 3 rings (SSSR count). The van der Waals surface area contributed by atoms with Crippen molar-refractivity contribution in [3.05, 3.63) is 62.6 Å². The predicted octanol–water partition coefficient (Wildman–Crippen LogP) is 4.28. The van der Waals surface area contributed by atoms with E-state index in [1.807, 2.05) is 13.8 Å². The number of nitro groups is 1. The van der Waals surface area contributed by atoms with E-state index < -0.39 is 20.9 Å². The van der Waals surface area contributed by atoms with Crippen LogP contribution in [-0.2, 0) is 10.0 Å². The molecule has 1 heterocycles. The smallest absolute Gasteiger partial charge is 0.271 e. The molecule has 2 aromatic carbocycles. The van der Waals surface area contributed by atoms with Crippen molar-refractivity contribution >= 4 is 43.2 Å². The van der Waals surface area contributed by atoms with Crippen LogP contribution >= 0.6 is 15.9 Å². The topological polar surface area (TPSA) is 110 Å². The van der Waals surface area contributed by atoms with E-state index in [0.29, 0.717) is 17.6 Å². The molecule has 2 aromatic rings. The SMILES string of the molecule is C[C@@H]1C[C@H](C)CN(S(=O)(=O)c2cc(C(=O)Nc3cccc([N+](=O)[O-])c3)ccc2Br)C1. The summed E-state index contributed by atoms with van der Waals surface area (Å²) in [5, 5.41) is 13.5. The van der Waals surface area contributed by atoms with Gasteiger partial charge in [0.15, 0.2) is 0 Å². The first kappa shape index (κ1) is 22.4. The largest absolute Gasteiger partial charge is 0.322 e. The van der Waals surface area contributed by atoms with Gasteiger partial charge in [0.1, 0.15) is 0 Å². The lowest BCUT2D eigenvalue weighted by Crippen LogP contribution is -2.42. The van der Waals surface area contributed by atoms with Crippen molar-refractivity contribution < 1.29 is 18.1 Å². The van der Waals surface area contributed by atoms with Crippen molar-refractivity contribution in [3.63, 3.8) is 0 Å². The summed E-state index contributed by atoms with van der Waals surface area (Å²) >= 11 is 3.29. The molecule has 1 amide bonds. The Bertz CT molecular complexity index is 1080. The van der Waals surface area contributed by atoms with Gasteiger partial charge in [-0.25, -0.2) is 8.42 Å². The van der Waals surface area contributed by atoms with E-state index in [1.165, 1.54) is 46.8 Å². The normalized spacial score (nSPS) is 20.0. The van der Waals surface area contributed by atoms with E-state index in [-0.39, 0.29) is 33.7 Å². The van der Waals surface area contributed by atoms with Gasteiger partial charge in [0.25, 0.3) is 11.6 Å². The molecule has 1 saturated heterocycles. The molecule has 160 valence electrons. The van der Waals surface area contributed by atoms with Gasteiger partial charge >= 0.3 is 0 Å². The number of nitro benzene ring substituents is 1. The van der Waals surface area contributed by atoms with Gasteiger partial charge < -0.3 is 5.32 Å². The third-order valence-corrected chi connectivity index (χ3v) is 7.79. The number of carbonyl (C=O) groups excluding carboxylic acids is 1. The summed E-state index contributed by atoms with van der Waals surface area (Å²) in [7, 11) is -3.79.